The van der Waals surface area contributed by atoms with E-state index >= 15 is 0 Å². The first-order chi connectivity index (χ1) is 14.8. The van der Waals surface area contributed by atoms with Gasteiger partial charge in [-0.05, 0) is 29.3 Å². The van der Waals surface area contributed by atoms with Gasteiger partial charge in [0, 0.05) is 18.6 Å². The van der Waals surface area contributed by atoms with Gasteiger partial charge in [-0.2, -0.15) is 10.2 Å². The number of fused-ring (bicyclic) bond motifs is 1. The molecule has 1 atom stereocenters. The SMILES string of the molecule is CC(C)c1nc2ccc(N(Cc3ccc(C4=NN=C(C(F)F)C4)cc3)S(C)=O)cc2s1. The van der Waals surface area contributed by atoms with Crippen molar-refractivity contribution in [2.75, 3.05) is 10.6 Å². The highest BCUT2D eigenvalue weighted by Gasteiger charge is 2.22. The van der Waals surface area contributed by atoms with Crippen LogP contribution in [0.25, 0.3) is 10.2 Å². The van der Waals surface area contributed by atoms with Crippen molar-refractivity contribution in [3.8, 4) is 0 Å². The number of rotatable bonds is 7. The van der Waals surface area contributed by atoms with Crippen LogP contribution in [0.3, 0.4) is 0 Å². The van der Waals surface area contributed by atoms with Crippen molar-refractivity contribution in [1.29, 1.82) is 0 Å². The summed E-state index contributed by atoms with van der Waals surface area (Å²) < 4.78 is 40.9. The summed E-state index contributed by atoms with van der Waals surface area (Å²) in [5, 5.41) is 8.53. The third kappa shape index (κ3) is 4.72. The molecule has 162 valence electrons. The lowest BCUT2D eigenvalue weighted by molar-refractivity contribution is 0.224. The molecule has 1 unspecified atom stereocenters. The van der Waals surface area contributed by atoms with Crippen molar-refractivity contribution in [3.05, 3.63) is 58.6 Å². The van der Waals surface area contributed by atoms with E-state index in [1.165, 1.54) is 0 Å². The number of thiazole rings is 1. The second kappa shape index (κ2) is 8.92. The van der Waals surface area contributed by atoms with Crippen molar-refractivity contribution >= 4 is 49.6 Å². The van der Waals surface area contributed by atoms with Crippen molar-refractivity contribution in [2.24, 2.45) is 10.2 Å². The Labute approximate surface area is 186 Å². The maximum atomic E-state index is 12.8. The van der Waals surface area contributed by atoms with Crippen LogP contribution in [0.5, 0.6) is 0 Å². The van der Waals surface area contributed by atoms with Gasteiger partial charge in [-0.3, -0.25) is 4.31 Å². The summed E-state index contributed by atoms with van der Waals surface area (Å²) in [7, 11) is -1.22. The number of benzene rings is 2. The van der Waals surface area contributed by atoms with E-state index in [4.69, 9.17) is 0 Å². The van der Waals surface area contributed by atoms with E-state index in [0.717, 1.165) is 32.0 Å². The van der Waals surface area contributed by atoms with E-state index in [2.05, 4.69) is 29.0 Å². The molecule has 5 nitrogen and oxygen atoms in total. The van der Waals surface area contributed by atoms with Crippen LogP contribution in [0.2, 0.25) is 0 Å². The Morgan fingerprint density at radius 1 is 1.13 bits per heavy atom. The zero-order valence-electron chi connectivity index (χ0n) is 17.4. The molecule has 4 rings (SSSR count). The highest BCUT2D eigenvalue weighted by atomic mass is 32.2. The zero-order valence-corrected chi connectivity index (χ0v) is 19.0. The number of aromatic nitrogens is 1. The average molecular weight is 461 g/mol. The van der Waals surface area contributed by atoms with Gasteiger partial charge in [0.25, 0.3) is 6.43 Å². The second-order valence-corrected chi connectivity index (χ2v) is 9.98. The molecule has 0 bridgehead atoms. The van der Waals surface area contributed by atoms with Crippen LogP contribution in [-0.4, -0.2) is 33.3 Å². The Hall–Kier alpha value is -2.52. The summed E-state index contributed by atoms with van der Waals surface area (Å²) in [4.78, 5) is 4.66. The molecule has 0 saturated carbocycles. The molecule has 0 spiro atoms. The predicted octanol–water partition coefficient (Wildman–Crippen LogP) is 5.53. The summed E-state index contributed by atoms with van der Waals surface area (Å²) in [6.07, 6.45) is -0.863. The fraction of sp³-hybridized carbons (Fsp3) is 0.318. The molecule has 1 aliphatic heterocycles. The molecule has 0 aliphatic carbocycles. The minimum atomic E-state index is -2.58. The molecule has 9 heteroatoms. The van der Waals surface area contributed by atoms with Gasteiger partial charge >= 0.3 is 0 Å². The fourth-order valence-corrected chi connectivity index (χ4v) is 5.02. The Kier molecular flexibility index (Phi) is 6.24. The van der Waals surface area contributed by atoms with Crippen LogP contribution < -0.4 is 4.31 Å². The molecule has 0 fully saturated rings. The monoisotopic (exact) mass is 460 g/mol. The van der Waals surface area contributed by atoms with E-state index in [0.29, 0.717) is 18.2 Å². The topological polar surface area (TPSA) is 57.9 Å². The highest BCUT2D eigenvalue weighted by Crippen LogP contribution is 2.31. The molecule has 0 N–H and O–H groups in total. The first-order valence-electron chi connectivity index (χ1n) is 9.84. The Balaban J connectivity index is 1.52. The number of anilines is 1. The summed E-state index contributed by atoms with van der Waals surface area (Å²) in [6.45, 7) is 4.69. The Morgan fingerprint density at radius 3 is 2.48 bits per heavy atom. The molecule has 3 aromatic rings. The predicted molar refractivity (Wildman–Crippen MR) is 125 cm³/mol. The van der Waals surface area contributed by atoms with E-state index in [9.17, 15) is 13.0 Å². The summed E-state index contributed by atoms with van der Waals surface area (Å²) >= 11 is 1.66. The van der Waals surface area contributed by atoms with Gasteiger partial charge in [0.15, 0.2) is 0 Å². The third-order valence-electron chi connectivity index (χ3n) is 4.99. The van der Waals surface area contributed by atoms with Crippen LogP contribution in [0.15, 0.2) is 52.7 Å². The highest BCUT2D eigenvalue weighted by molar-refractivity contribution is 7.85. The summed E-state index contributed by atoms with van der Waals surface area (Å²) in [5.74, 6) is 0.363. The van der Waals surface area contributed by atoms with Crippen molar-refractivity contribution in [2.45, 2.75) is 39.2 Å². The quantitative estimate of drug-likeness (QED) is 0.465. The number of hydrogen-bond acceptors (Lipinski definition) is 5. The third-order valence-corrected chi connectivity index (χ3v) is 7.27. The molecular formula is C22H22F2N4OS2. The van der Waals surface area contributed by atoms with Crippen molar-refractivity contribution in [3.63, 3.8) is 0 Å². The second-order valence-electron chi connectivity index (χ2n) is 7.63. The number of nitrogens with zero attached hydrogens (tertiary/aromatic N) is 4. The molecule has 0 saturated heterocycles. The average Bonchev–Trinajstić information content (AvgIpc) is 3.39. The van der Waals surface area contributed by atoms with Crippen LogP contribution in [0.1, 0.15) is 42.3 Å². The maximum absolute atomic E-state index is 12.8. The van der Waals surface area contributed by atoms with Gasteiger partial charge in [-0.25, -0.2) is 18.0 Å². The maximum Gasteiger partial charge on any atom is 0.278 e. The van der Waals surface area contributed by atoms with Gasteiger partial charge < -0.3 is 0 Å². The standard InChI is InChI=1S/C22H22F2N4OS2/c1-13(2)22-25-17-9-8-16(10-20(17)30-22)28(31(3)29)12-14-4-6-15(7-5-14)18-11-19(21(23)24)27-26-18/h4-10,13,21H,11-12H2,1-3H3. The van der Waals surface area contributed by atoms with Crippen LogP contribution >= 0.6 is 11.3 Å². The van der Waals surface area contributed by atoms with Crippen molar-refractivity contribution in [1.82, 2.24) is 4.98 Å². The zero-order chi connectivity index (χ0) is 22.1. The lowest BCUT2D eigenvalue weighted by Crippen LogP contribution is -2.24. The molecule has 31 heavy (non-hydrogen) atoms. The summed E-state index contributed by atoms with van der Waals surface area (Å²) in [6, 6.07) is 13.4. The van der Waals surface area contributed by atoms with Crippen LogP contribution in [0.4, 0.5) is 14.5 Å². The lowest BCUT2D eigenvalue weighted by atomic mass is 10.0. The molecule has 2 aromatic carbocycles. The van der Waals surface area contributed by atoms with E-state index in [1.807, 2.05) is 46.8 Å². The van der Waals surface area contributed by atoms with Crippen LogP contribution in [0, 0.1) is 0 Å². The van der Waals surface area contributed by atoms with Gasteiger partial charge in [0.05, 0.1) is 33.2 Å². The van der Waals surface area contributed by atoms with E-state index in [1.54, 1.807) is 17.6 Å². The van der Waals surface area contributed by atoms with Gasteiger partial charge in [-0.1, -0.05) is 38.1 Å². The fourth-order valence-electron chi connectivity index (χ4n) is 3.28. The Morgan fingerprint density at radius 2 is 1.87 bits per heavy atom. The first kappa shape index (κ1) is 21.7. The summed E-state index contributed by atoms with van der Waals surface area (Å²) in [5.41, 5.74) is 3.87. The van der Waals surface area contributed by atoms with Crippen molar-refractivity contribution < 1.29 is 13.0 Å². The molecular weight excluding hydrogens is 438 g/mol. The molecule has 0 radical (unpaired) electrons. The number of halogens is 2. The molecule has 0 amide bonds. The smallest absolute Gasteiger partial charge is 0.278 e. The molecule has 1 aromatic heterocycles. The normalized spacial score (nSPS) is 14.9. The molecule has 1 aliphatic rings. The van der Waals surface area contributed by atoms with E-state index in [-0.39, 0.29) is 12.1 Å². The number of hydrogen-bond donors (Lipinski definition) is 0. The Bertz CT molecular complexity index is 1190. The molecule has 2 heterocycles. The first-order valence-corrected chi connectivity index (χ1v) is 12.2. The van der Waals surface area contributed by atoms with Crippen LogP contribution in [-0.2, 0) is 17.5 Å². The van der Waals surface area contributed by atoms with Gasteiger partial charge in [0.1, 0.15) is 16.7 Å². The van der Waals surface area contributed by atoms with Gasteiger partial charge in [0.2, 0.25) is 0 Å². The van der Waals surface area contributed by atoms with Gasteiger partial charge in [-0.15, -0.1) is 11.3 Å². The number of alkyl halides is 2. The largest absolute Gasteiger partial charge is 0.288 e. The minimum Gasteiger partial charge on any atom is -0.288 e. The van der Waals surface area contributed by atoms with E-state index < -0.39 is 17.4 Å². The minimum absolute atomic E-state index is 0.0648. The lowest BCUT2D eigenvalue weighted by Gasteiger charge is -2.22.